The number of amides is 6. The van der Waals surface area contributed by atoms with Gasteiger partial charge in [0.25, 0.3) is 10.9 Å². The highest BCUT2D eigenvalue weighted by atomic mass is 35.5. The average molecular weight is 641 g/mol. The predicted molar refractivity (Wildman–Crippen MR) is 147 cm³/mol. The van der Waals surface area contributed by atoms with Gasteiger partial charge in [0.15, 0.2) is 5.15 Å². The Morgan fingerprint density at radius 3 is 2.78 bits per heavy atom. The van der Waals surface area contributed by atoms with Crippen LogP contribution in [0.15, 0.2) is 45.9 Å². The van der Waals surface area contributed by atoms with E-state index in [-0.39, 0.29) is 33.9 Å². The van der Waals surface area contributed by atoms with Crippen molar-refractivity contribution in [3.05, 3.63) is 56.2 Å². The first-order valence-electron chi connectivity index (χ1n) is 11.9. The maximum Gasteiger partial charge on any atom is 0.352 e. The molecule has 2 saturated heterocycles. The van der Waals surface area contributed by atoms with Crippen LogP contribution >= 0.6 is 46.5 Å². The molecular weight excluding hydrogens is 620 g/mol. The molecule has 0 spiro atoms. The van der Waals surface area contributed by atoms with Gasteiger partial charge in [0.05, 0.1) is 6.54 Å². The number of fused-ring (bicyclic) bond motifs is 1. The number of carboxylic acid groups (broad SMARTS) is 1. The number of nitrogens with zero attached hydrogens (tertiary/aromatic N) is 4. The second-order valence-electron chi connectivity index (χ2n) is 8.73. The van der Waals surface area contributed by atoms with Crippen LogP contribution in [0.1, 0.15) is 10.9 Å². The number of carboxylic acids is 1. The van der Waals surface area contributed by atoms with Gasteiger partial charge in [0.2, 0.25) is 5.91 Å². The zero-order valence-electron chi connectivity index (χ0n) is 20.7. The second kappa shape index (κ2) is 12.0. The van der Waals surface area contributed by atoms with E-state index in [4.69, 9.17) is 11.6 Å². The summed E-state index contributed by atoms with van der Waals surface area (Å²) in [5, 5.41) is 35.5. The SMILES string of the molecule is O=C(NC(C(=O)N[C@H]1C(=O)N2C(C(=O)O)=C(CSc3ccc(Cl)n[n+]3[O-])CSC12)c1cccs1)NN1CCNC1=O. The average Bonchev–Trinajstić information content (AvgIpc) is 3.61. The minimum atomic E-state index is -1.31. The topological polar surface area (TPSA) is 200 Å². The molecule has 3 aliphatic heterocycles. The standard InChI is InChI=1S/C22H21ClN8O7S3/c23-12-3-4-13(31(38)27-12)40-8-10-9-41-19-15(18(33)30(19)16(10)20(34)35)25-17(32)14(11-2-1-7-39-11)26-21(36)28-29-6-5-24-22(29)37/h1-4,7,14-15,19H,5-6,8-9H2,(H,24,37)(H,25,32)(H,34,35)(H2,26,28,36)/t14?,15-,19?/m0/s1. The Hall–Kier alpha value is -3.74. The third-order valence-electron chi connectivity index (χ3n) is 6.14. The molecule has 6 amide bonds. The summed E-state index contributed by atoms with van der Waals surface area (Å²) in [5.41, 5.74) is 2.60. The molecular formula is C22H21ClN8O7S3. The van der Waals surface area contributed by atoms with Crippen LogP contribution in [0.3, 0.4) is 0 Å². The molecule has 5 N–H and O–H groups in total. The number of nitrogens with one attached hydrogen (secondary N) is 4. The third-order valence-corrected chi connectivity index (χ3v) is 9.70. The molecule has 0 radical (unpaired) electrons. The number of thioether (sulfide) groups is 2. The lowest BCUT2D eigenvalue weighted by Gasteiger charge is -2.49. The smallest absolute Gasteiger partial charge is 0.352 e. The van der Waals surface area contributed by atoms with Crippen molar-refractivity contribution < 1.29 is 33.9 Å². The number of hydrogen-bond acceptors (Lipinski definition) is 10. The fraction of sp³-hybridized carbons (Fsp3) is 0.318. The molecule has 0 aliphatic carbocycles. The Kier molecular flexibility index (Phi) is 8.43. The molecule has 2 unspecified atom stereocenters. The van der Waals surface area contributed by atoms with Crippen molar-refractivity contribution in [2.45, 2.75) is 22.5 Å². The number of rotatable bonds is 9. The van der Waals surface area contributed by atoms with Gasteiger partial charge >= 0.3 is 18.0 Å². The highest BCUT2D eigenvalue weighted by molar-refractivity contribution is 8.01. The zero-order valence-corrected chi connectivity index (χ0v) is 23.9. The minimum Gasteiger partial charge on any atom is -0.593 e. The molecule has 41 heavy (non-hydrogen) atoms. The Bertz CT molecular complexity index is 1440. The van der Waals surface area contributed by atoms with Gasteiger partial charge in [-0.3, -0.25) is 14.5 Å². The summed E-state index contributed by atoms with van der Waals surface area (Å²) in [6, 6.07) is 2.75. The lowest BCUT2D eigenvalue weighted by Crippen LogP contribution is -2.71. The zero-order chi connectivity index (χ0) is 29.3. The Morgan fingerprint density at radius 1 is 1.32 bits per heavy atom. The highest BCUT2D eigenvalue weighted by Crippen LogP contribution is 2.41. The molecule has 3 atom stereocenters. The van der Waals surface area contributed by atoms with Crippen LogP contribution < -0.4 is 26.2 Å². The fourth-order valence-corrected chi connectivity index (χ4v) is 7.51. The van der Waals surface area contributed by atoms with Crippen LogP contribution in [0, 0.1) is 5.21 Å². The number of hydrogen-bond donors (Lipinski definition) is 5. The van der Waals surface area contributed by atoms with Crippen molar-refractivity contribution in [1.29, 1.82) is 0 Å². The number of carbonyl (C=O) groups is 5. The molecule has 5 heterocycles. The molecule has 216 valence electrons. The van der Waals surface area contributed by atoms with Gasteiger partial charge in [-0.2, -0.15) is 0 Å². The largest absolute Gasteiger partial charge is 0.593 e. The van der Waals surface area contributed by atoms with Crippen LogP contribution in [-0.4, -0.2) is 86.0 Å². The summed E-state index contributed by atoms with van der Waals surface area (Å²) in [7, 11) is 0. The van der Waals surface area contributed by atoms with Crippen molar-refractivity contribution in [1.82, 2.24) is 36.4 Å². The summed E-state index contributed by atoms with van der Waals surface area (Å²) < 4.78 is 0. The van der Waals surface area contributed by atoms with Gasteiger partial charge in [0, 0.05) is 34.1 Å². The lowest BCUT2D eigenvalue weighted by molar-refractivity contribution is -0.706. The molecule has 15 nitrogen and oxygen atoms in total. The number of β-lactam (4-membered cyclic amide) rings is 1. The van der Waals surface area contributed by atoms with Crippen LogP contribution in [0.4, 0.5) is 9.59 Å². The Morgan fingerprint density at radius 2 is 2.12 bits per heavy atom. The van der Waals surface area contributed by atoms with Crippen LogP contribution in [0.2, 0.25) is 5.15 Å². The van der Waals surface area contributed by atoms with E-state index in [1.54, 1.807) is 17.5 Å². The van der Waals surface area contributed by atoms with E-state index >= 15 is 0 Å². The predicted octanol–water partition coefficient (Wildman–Crippen LogP) is 0.241. The van der Waals surface area contributed by atoms with Gasteiger partial charge in [-0.1, -0.05) is 17.7 Å². The van der Waals surface area contributed by atoms with E-state index in [9.17, 15) is 34.3 Å². The number of halogens is 1. The number of hydrazine groups is 1. The lowest BCUT2D eigenvalue weighted by atomic mass is 10.0. The van der Waals surface area contributed by atoms with E-state index < -0.39 is 47.3 Å². The Labute approximate surface area is 249 Å². The van der Waals surface area contributed by atoms with Crippen molar-refractivity contribution in [2.75, 3.05) is 24.6 Å². The highest BCUT2D eigenvalue weighted by Gasteiger charge is 2.54. The molecule has 0 aromatic carbocycles. The van der Waals surface area contributed by atoms with E-state index in [0.717, 1.165) is 21.7 Å². The minimum absolute atomic E-state index is 0.0151. The van der Waals surface area contributed by atoms with Gasteiger partial charge in [0.1, 0.15) is 23.2 Å². The monoisotopic (exact) mass is 640 g/mol. The fourth-order valence-electron chi connectivity index (χ4n) is 4.25. The summed E-state index contributed by atoms with van der Waals surface area (Å²) >= 11 is 9.24. The number of aromatic nitrogens is 2. The van der Waals surface area contributed by atoms with Gasteiger partial charge in [-0.05, 0) is 39.7 Å². The van der Waals surface area contributed by atoms with Crippen LogP contribution in [0.5, 0.6) is 0 Å². The molecule has 2 aromatic rings. The summed E-state index contributed by atoms with van der Waals surface area (Å²) in [5.74, 6) is -2.26. The van der Waals surface area contributed by atoms with Crippen molar-refractivity contribution in [3.63, 3.8) is 0 Å². The molecule has 3 aliphatic rings. The van der Waals surface area contributed by atoms with E-state index in [2.05, 4.69) is 26.5 Å². The number of urea groups is 2. The number of thiophene rings is 1. The van der Waals surface area contributed by atoms with Crippen molar-refractivity contribution in [2.24, 2.45) is 0 Å². The van der Waals surface area contributed by atoms with E-state index in [1.165, 1.54) is 35.2 Å². The first-order chi connectivity index (χ1) is 19.6. The molecule has 2 aromatic heterocycles. The molecule has 19 heteroatoms. The van der Waals surface area contributed by atoms with Crippen molar-refractivity contribution >= 4 is 76.3 Å². The van der Waals surface area contributed by atoms with Crippen LogP contribution in [0.25, 0.3) is 0 Å². The first-order valence-corrected chi connectivity index (χ1v) is 15.2. The number of carbonyl (C=O) groups excluding carboxylic acids is 4. The maximum atomic E-state index is 13.3. The van der Waals surface area contributed by atoms with Crippen LogP contribution in [-0.2, 0) is 14.4 Å². The normalized spacial score (nSPS) is 20.6. The second-order valence-corrected chi connectivity index (χ2v) is 12.2. The Balaban J connectivity index is 1.26. The van der Waals surface area contributed by atoms with Gasteiger partial charge in [-0.25, -0.2) is 24.8 Å². The third kappa shape index (κ3) is 5.99. The van der Waals surface area contributed by atoms with Crippen molar-refractivity contribution in [3.8, 4) is 0 Å². The summed E-state index contributed by atoms with van der Waals surface area (Å²) in [6.07, 6.45) is 0. The van der Waals surface area contributed by atoms with E-state index in [1.807, 2.05) is 0 Å². The molecule has 2 fully saturated rings. The quantitative estimate of drug-likeness (QED) is 0.109. The van der Waals surface area contributed by atoms with Gasteiger partial charge < -0.3 is 26.3 Å². The van der Waals surface area contributed by atoms with E-state index in [0.29, 0.717) is 21.8 Å². The molecule has 0 saturated carbocycles. The van der Waals surface area contributed by atoms with Gasteiger partial charge in [-0.15, -0.1) is 23.1 Å². The first kappa shape index (κ1) is 28.8. The molecule has 0 bridgehead atoms. The maximum absolute atomic E-state index is 13.3. The number of aliphatic carboxylic acids is 1. The molecule has 5 rings (SSSR count). The summed E-state index contributed by atoms with van der Waals surface area (Å²) in [6.45, 7) is 0.609. The summed E-state index contributed by atoms with van der Waals surface area (Å²) in [4.78, 5) is 64.8.